The lowest BCUT2D eigenvalue weighted by atomic mass is 10.1. The Labute approximate surface area is 161 Å². The van der Waals surface area contributed by atoms with Crippen LogP contribution in [-0.4, -0.2) is 30.8 Å². The van der Waals surface area contributed by atoms with Gasteiger partial charge in [-0.2, -0.15) is 13.2 Å². The van der Waals surface area contributed by atoms with E-state index < -0.39 is 39.2 Å². The molecule has 28 heavy (non-hydrogen) atoms. The molecule has 1 atom stereocenters. The summed E-state index contributed by atoms with van der Waals surface area (Å²) in [7, 11) is 1.78. The van der Waals surface area contributed by atoms with Crippen molar-refractivity contribution in [3.8, 4) is 0 Å². The highest BCUT2D eigenvalue weighted by Crippen LogP contribution is 2.40. The molecular formula is C16H16F3N5O3S. The Morgan fingerprint density at radius 3 is 2.64 bits per heavy atom. The summed E-state index contributed by atoms with van der Waals surface area (Å²) < 4.78 is 41.5. The van der Waals surface area contributed by atoms with E-state index in [1.165, 1.54) is 6.92 Å². The third kappa shape index (κ3) is 4.26. The molecule has 0 spiro atoms. The van der Waals surface area contributed by atoms with Gasteiger partial charge in [0.15, 0.2) is 5.16 Å². The predicted molar refractivity (Wildman–Crippen MR) is 95.0 cm³/mol. The van der Waals surface area contributed by atoms with Crippen LogP contribution in [0.4, 0.5) is 24.5 Å². The second-order valence-corrected chi connectivity index (χ2v) is 7.72. The lowest BCUT2D eigenvalue weighted by Gasteiger charge is -2.16. The number of rotatable bonds is 6. The number of amides is 1. The van der Waals surface area contributed by atoms with E-state index in [4.69, 9.17) is 0 Å². The molecule has 0 saturated heterocycles. The zero-order chi connectivity index (χ0) is 20.6. The highest BCUT2D eigenvalue weighted by Gasteiger charge is 2.36. The molecule has 1 N–H and O–H groups in total. The van der Waals surface area contributed by atoms with Gasteiger partial charge in [-0.15, -0.1) is 10.2 Å². The number of benzene rings is 1. The van der Waals surface area contributed by atoms with Crippen LogP contribution >= 0.6 is 11.8 Å². The number of carbonyl (C=O) groups excluding carboxylic acids is 1. The van der Waals surface area contributed by atoms with Crippen molar-refractivity contribution in [1.29, 1.82) is 0 Å². The summed E-state index contributed by atoms with van der Waals surface area (Å²) in [6.45, 7) is 1.53. The maximum absolute atomic E-state index is 13.2. The summed E-state index contributed by atoms with van der Waals surface area (Å²) in [5.41, 5.74) is -2.52. The van der Waals surface area contributed by atoms with Gasteiger partial charge in [0, 0.05) is 25.1 Å². The summed E-state index contributed by atoms with van der Waals surface area (Å²) in [6, 6.07) is 2.19. The fraction of sp³-hybridized carbons (Fsp3) is 0.438. The Morgan fingerprint density at radius 1 is 1.39 bits per heavy atom. The number of nitrogens with one attached hydrogen (secondary N) is 1. The first-order valence-electron chi connectivity index (χ1n) is 8.30. The molecule has 1 aromatic carbocycles. The van der Waals surface area contributed by atoms with Crippen LogP contribution in [-0.2, 0) is 18.0 Å². The number of nitro groups is 1. The van der Waals surface area contributed by atoms with Gasteiger partial charge in [-0.05, 0) is 25.8 Å². The zero-order valence-corrected chi connectivity index (χ0v) is 15.7. The minimum absolute atomic E-state index is 0.366. The van der Waals surface area contributed by atoms with Gasteiger partial charge in [-0.3, -0.25) is 14.9 Å². The molecule has 12 heteroatoms. The molecule has 1 saturated carbocycles. The van der Waals surface area contributed by atoms with Crippen LogP contribution < -0.4 is 5.32 Å². The summed E-state index contributed by atoms with van der Waals surface area (Å²) in [4.78, 5) is 22.2. The number of non-ortho nitro benzene ring substituents is 1. The van der Waals surface area contributed by atoms with Crippen LogP contribution in [0.5, 0.6) is 0 Å². The number of nitro benzene ring substituents is 1. The molecule has 0 unspecified atom stereocenters. The van der Waals surface area contributed by atoms with E-state index >= 15 is 0 Å². The average Bonchev–Trinajstić information content (AvgIpc) is 3.39. The van der Waals surface area contributed by atoms with Crippen molar-refractivity contribution in [3.63, 3.8) is 0 Å². The van der Waals surface area contributed by atoms with Gasteiger partial charge in [0.2, 0.25) is 5.91 Å². The molecule has 0 bridgehead atoms. The molecule has 1 fully saturated rings. The van der Waals surface area contributed by atoms with Crippen molar-refractivity contribution in [2.24, 2.45) is 7.05 Å². The average molecular weight is 415 g/mol. The summed E-state index contributed by atoms with van der Waals surface area (Å²) >= 11 is 1.07. The molecule has 150 valence electrons. The molecule has 0 aliphatic heterocycles. The monoisotopic (exact) mass is 415 g/mol. The molecule has 3 rings (SSSR count). The van der Waals surface area contributed by atoms with Crippen molar-refractivity contribution < 1.29 is 22.9 Å². The number of alkyl halides is 3. The quantitative estimate of drug-likeness (QED) is 0.438. The molecule has 1 aromatic heterocycles. The summed E-state index contributed by atoms with van der Waals surface area (Å²) in [6.07, 6.45) is -2.78. The van der Waals surface area contributed by atoms with E-state index in [1.54, 1.807) is 11.6 Å². The minimum atomic E-state index is -4.85. The van der Waals surface area contributed by atoms with Gasteiger partial charge in [0.1, 0.15) is 5.82 Å². The highest BCUT2D eigenvalue weighted by molar-refractivity contribution is 8.00. The topological polar surface area (TPSA) is 103 Å². The molecule has 8 nitrogen and oxygen atoms in total. The lowest BCUT2D eigenvalue weighted by molar-refractivity contribution is -0.385. The number of anilines is 1. The van der Waals surface area contributed by atoms with Crippen LogP contribution in [0.3, 0.4) is 0 Å². The molecule has 1 amide bonds. The van der Waals surface area contributed by atoms with E-state index in [2.05, 4.69) is 15.5 Å². The van der Waals surface area contributed by atoms with Gasteiger partial charge in [-0.1, -0.05) is 11.8 Å². The molecule has 2 aromatic rings. The van der Waals surface area contributed by atoms with Crippen molar-refractivity contribution in [2.45, 2.75) is 42.3 Å². The molecule has 1 aliphatic carbocycles. The first kappa shape index (κ1) is 20.1. The fourth-order valence-electron chi connectivity index (χ4n) is 2.56. The molecule has 0 radical (unpaired) electrons. The molecule has 1 heterocycles. The van der Waals surface area contributed by atoms with Gasteiger partial charge >= 0.3 is 6.18 Å². The first-order valence-corrected chi connectivity index (χ1v) is 9.18. The fourth-order valence-corrected chi connectivity index (χ4v) is 3.38. The third-order valence-corrected chi connectivity index (χ3v) is 5.37. The Morgan fingerprint density at radius 2 is 2.07 bits per heavy atom. The predicted octanol–water partition coefficient (Wildman–Crippen LogP) is 3.74. The van der Waals surface area contributed by atoms with E-state index in [1.807, 2.05) is 0 Å². The minimum Gasteiger partial charge on any atom is -0.325 e. The Balaban J connectivity index is 1.75. The Bertz CT molecular complexity index is 927. The lowest BCUT2D eigenvalue weighted by Crippen LogP contribution is -2.24. The van der Waals surface area contributed by atoms with Crippen molar-refractivity contribution in [1.82, 2.24) is 14.8 Å². The van der Waals surface area contributed by atoms with E-state index in [-0.39, 0.29) is 0 Å². The Hall–Kier alpha value is -2.63. The van der Waals surface area contributed by atoms with Gasteiger partial charge in [0.05, 0.1) is 21.4 Å². The SMILES string of the molecule is C[C@H](Sc1nnc(C2CC2)n1C)C(=O)Nc1ccc([N+](=O)[O-])cc1C(F)(F)F. The van der Waals surface area contributed by atoms with Crippen LogP contribution in [0.2, 0.25) is 0 Å². The van der Waals surface area contributed by atoms with Crippen LogP contribution in [0, 0.1) is 10.1 Å². The largest absolute Gasteiger partial charge is 0.418 e. The summed E-state index contributed by atoms with van der Waals surface area (Å²) in [5.74, 6) is 0.510. The van der Waals surface area contributed by atoms with Crippen molar-refractivity contribution >= 4 is 29.0 Å². The van der Waals surface area contributed by atoms with Crippen LogP contribution in [0.15, 0.2) is 23.4 Å². The Kier molecular flexibility index (Phi) is 5.33. The second-order valence-electron chi connectivity index (χ2n) is 6.41. The van der Waals surface area contributed by atoms with E-state index in [9.17, 15) is 28.1 Å². The first-order chi connectivity index (χ1) is 13.1. The van der Waals surface area contributed by atoms with Gasteiger partial charge < -0.3 is 9.88 Å². The molecule has 1 aliphatic rings. The normalized spacial score (nSPS) is 15.3. The van der Waals surface area contributed by atoms with E-state index in [0.717, 1.165) is 42.6 Å². The van der Waals surface area contributed by atoms with Gasteiger partial charge in [0.25, 0.3) is 5.69 Å². The van der Waals surface area contributed by atoms with Crippen molar-refractivity contribution in [2.75, 3.05) is 5.32 Å². The highest BCUT2D eigenvalue weighted by atomic mass is 32.2. The number of hydrogen-bond donors (Lipinski definition) is 1. The van der Waals surface area contributed by atoms with Crippen LogP contribution in [0.25, 0.3) is 0 Å². The number of carbonyl (C=O) groups is 1. The van der Waals surface area contributed by atoms with E-state index in [0.29, 0.717) is 17.1 Å². The maximum atomic E-state index is 13.2. The van der Waals surface area contributed by atoms with Crippen molar-refractivity contribution in [3.05, 3.63) is 39.7 Å². The number of hydrogen-bond acceptors (Lipinski definition) is 6. The second kappa shape index (κ2) is 7.41. The summed E-state index contributed by atoms with van der Waals surface area (Å²) in [5, 5.41) is 20.8. The molecular weight excluding hydrogens is 399 g/mol. The standard InChI is InChI=1S/C16H16F3N5O3S/c1-8(28-15-22-21-13(23(15)2)9-3-4-9)14(25)20-12-6-5-10(24(26)27)7-11(12)16(17,18)19/h5-9H,3-4H2,1-2H3,(H,20,25)/t8-/m0/s1. The number of thioether (sulfide) groups is 1. The van der Waals surface area contributed by atoms with Crippen LogP contribution in [0.1, 0.15) is 37.1 Å². The number of halogens is 3. The zero-order valence-electron chi connectivity index (χ0n) is 14.9. The number of aromatic nitrogens is 3. The third-order valence-electron chi connectivity index (χ3n) is 4.24. The van der Waals surface area contributed by atoms with Gasteiger partial charge in [-0.25, -0.2) is 0 Å². The smallest absolute Gasteiger partial charge is 0.325 e. The number of nitrogens with zero attached hydrogens (tertiary/aromatic N) is 4. The maximum Gasteiger partial charge on any atom is 0.418 e.